The summed E-state index contributed by atoms with van der Waals surface area (Å²) in [5, 5.41) is 16.9. The number of benzene rings is 2. The number of nitrogens with zero attached hydrogens (tertiary/aromatic N) is 2. The summed E-state index contributed by atoms with van der Waals surface area (Å²) < 4.78 is 35.5. The molecule has 12 heteroatoms. The number of hydrogen-bond donors (Lipinski definition) is 4. The van der Waals surface area contributed by atoms with E-state index in [1.165, 1.54) is 17.4 Å². The van der Waals surface area contributed by atoms with Crippen molar-refractivity contribution in [1.82, 2.24) is 20.0 Å². The van der Waals surface area contributed by atoms with Crippen LogP contribution in [0.15, 0.2) is 54.7 Å². The van der Waals surface area contributed by atoms with Gasteiger partial charge in [-0.1, -0.05) is 18.2 Å². The summed E-state index contributed by atoms with van der Waals surface area (Å²) in [6.07, 6.45) is 0.398. The molecule has 0 bridgehead atoms. The van der Waals surface area contributed by atoms with Crippen molar-refractivity contribution >= 4 is 29.2 Å². The molecule has 0 saturated heterocycles. The SMILES string of the molecule is CC(=O)Nc1cccc(C(CNC(=O)O)NC(=O)c2c(C)nc3c(OCc4c(F)cccc4F)cc(C)cn23)c1. The van der Waals surface area contributed by atoms with Crippen LogP contribution in [0.1, 0.15) is 45.8 Å². The molecule has 1 unspecified atom stereocenters. The first-order valence-corrected chi connectivity index (χ1v) is 12.2. The molecule has 40 heavy (non-hydrogen) atoms. The zero-order valence-corrected chi connectivity index (χ0v) is 21.9. The van der Waals surface area contributed by atoms with Gasteiger partial charge in [-0.25, -0.2) is 18.6 Å². The monoisotopic (exact) mass is 551 g/mol. The quantitative estimate of drug-likeness (QED) is 0.242. The fourth-order valence-corrected chi connectivity index (χ4v) is 4.26. The van der Waals surface area contributed by atoms with Crippen LogP contribution in [0.3, 0.4) is 0 Å². The minimum atomic E-state index is -1.27. The number of carboxylic acid groups (broad SMARTS) is 1. The number of nitrogens with one attached hydrogen (secondary N) is 3. The third kappa shape index (κ3) is 6.34. The average molecular weight is 552 g/mol. The number of carbonyl (C=O) groups is 3. The Kier molecular flexibility index (Phi) is 8.27. The number of ether oxygens (including phenoxy) is 1. The molecular weight excluding hydrogens is 524 g/mol. The number of aryl methyl sites for hydroxylation is 2. The molecular formula is C28H27F2N5O5. The second kappa shape index (κ2) is 11.8. The Hall–Kier alpha value is -5.00. The van der Waals surface area contributed by atoms with Crippen molar-refractivity contribution in [2.24, 2.45) is 0 Å². The van der Waals surface area contributed by atoms with Crippen molar-refractivity contribution in [3.05, 3.63) is 94.4 Å². The Bertz CT molecular complexity index is 1580. The first-order chi connectivity index (χ1) is 19.0. The van der Waals surface area contributed by atoms with E-state index < -0.39 is 36.3 Å². The number of amides is 3. The van der Waals surface area contributed by atoms with E-state index in [1.54, 1.807) is 50.4 Å². The first-order valence-electron chi connectivity index (χ1n) is 12.2. The lowest BCUT2D eigenvalue weighted by molar-refractivity contribution is -0.114. The van der Waals surface area contributed by atoms with Gasteiger partial charge < -0.3 is 25.8 Å². The van der Waals surface area contributed by atoms with Crippen LogP contribution in [0.4, 0.5) is 19.3 Å². The Labute approximate surface area is 228 Å². The zero-order valence-electron chi connectivity index (χ0n) is 21.9. The molecule has 0 aliphatic carbocycles. The largest absolute Gasteiger partial charge is 0.485 e. The Morgan fingerprint density at radius 2 is 1.77 bits per heavy atom. The fraction of sp³-hybridized carbons (Fsp3) is 0.214. The van der Waals surface area contributed by atoms with E-state index in [9.17, 15) is 23.2 Å². The number of anilines is 1. The molecule has 0 spiro atoms. The lowest BCUT2D eigenvalue weighted by Gasteiger charge is -2.20. The number of pyridine rings is 1. The smallest absolute Gasteiger partial charge is 0.404 e. The molecule has 0 fully saturated rings. The van der Waals surface area contributed by atoms with E-state index in [0.29, 0.717) is 22.5 Å². The molecule has 0 aliphatic heterocycles. The van der Waals surface area contributed by atoms with Gasteiger partial charge in [-0.2, -0.15) is 0 Å². The van der Waals surface area contributed by atoms with Gasteiger partial charge in [-0.15, -0.1) is 0 Å². The van der Waals surface area contributed by atoms with Gasteiger partial charge in [-0.05, 0) is 55.3 Å². The molecule has 2 heterocycles. The van der Waals surface area contributed by atoms with E-state index >= 15 is 0 Å². The molecule has 4 N–H and O–H groups in total. The zero-order chi connectivity index (χ0) is 29.0. The number of hydrogen-bond acceptors (Lipinski definition) is 5. The van der Waals surface area contributed by atoms with E-state index in [1.807, 2.05) is 0 Å². The van der Waals surface area contributed by atoms with Crippen LogP contribution >= 0.6 is 0 Å². The molecule has 0 aliphatic rings. The van der Waals surface area contributed by atoms with Crippen LogP contribution in [0.5, 0.6) is 5.75 Å². The average Bonchev–Trinajstić information content (AvgIpc) is 3.21. The number of fused-ring (bicyclic) bond motifs is 1. The molecule has 2 aromatic carbocycles. The fourth-order valence-electron chi connectivity index (χ4n) is 4.26. The van der Waals surface area contributed by atoms with E-state index in [2.05, 4.69) is 20.9 Å². The second-order valence-corrected chi connectivity index (χ2v) is 9.13. The van der Waals surface area contributed by atoms with Gasteiger partial charge in [0, 0.05) is 25.4 Å². The lowest BCUT2D eigenvalue weighted by atomic mass is 10.1. The maximum absolute atomic E-state index is 14.1. The van der Waals surface area contributed by atoms with Crippen molar-refractivity contribution in [3.8, 4) is 5.75 Å². The van der Waals surface area contributed by atoms with Crippen molar-refractivity contribution in [2.45, 2.75) is 33.4 Å². The minimum Gasteiger partial charge on any atom is -0.485 e. The predicted octanol–water partition coefficient (Wildman–Crippen LogP) is 4.51. The summed E-state index contributed by atoms with van der Waals surface area (Å²) in [7, 11) is 0. The summed E-state index contributed by atoms with van der Waals surface area (Å²) in [5.41, 5.74) is 2.26. The van der Waals surface area contributed by atoms with E-state index in [0.717, 1.165) is 12.1 Å². The standard InChI is InChI=1S/C28H27F2N5O5/c1-15-10-24(40-14-20-21(29)8-5-9-22(20)30)26-32-16(2)25(35(26)13-15)27(37)34-23(12-31-28(38)39)18-6-4-7-19(11-18)33-17(3)36/h4-11,13,23,31H,12,14H2,1-3H3,(H,33,36)(H,34,37)(H,38,39). The molecule has 4 rings (SSSR count). The third-order valence-corrected chi connectivity index (χ3v) is 6.02. The molecule has 2 aromatic heterocycles. The summed E-state index contributed by atoms with van der Waals surface area (Å²) in [6, 6.07) is 11.0. The van der Waals surface area contributed by atoms with Gasteiger partial charge in [-0.3, -0.25) is 14.0 Å². The summed E-state index contributed by atoms with van der Waals surface area (Å²) >= 11 is 0. The number of carbonyl (C=O) groups excluding carboxylic acids is 2. The van der Waals surface area contributed by atoms with Gasteiger partial charge in [0.15, 0.2) is 11.4 Å². The van der Waals surface area contributed by atoms with Crippen molar-refractivity contribution in [3.63, 3.8) is 0 Å². The Morgan fingerprint density at radius 1 is 1.07 bits per heavy atom. The normalized spacial score (nSPS) is 11.6. The summed E-state index contributed by atoms with van der Waals surface area (Å²) in [6.45, 7) is 4.21. The molecule has 4 aromatic rings. The van der Waals surface area contributed by atoms with Crippen LogP contribution in [0, 0.1) is 25.5 Å². The van der Waals surface area contributed by atoms with Crippen LogP contribution in [-0.2, 0) is 11.4 Å². The maximum atomic E-state index is 14.1. The number of aromatic nitrogens is 2. The highest BCUT2D eigenvalue weighted by Gasteiger charge is 2.24. The summed E-state index contributed by atoms with van der Waals surface area (Å²) in [5.74, 6) is -2.10. The highest BCUT2D eigenvalue weighted by Crippen LogP contribution is 2.27. The van der Waals surface area contributed by atoms with Crippen LogP contribution < -0.4 is 20.7 Å². The molecule has 0 radical (unpaired) electrons. The highest BCUT2D eigenvalue weighted by molar-refractivity contribution is 5.95. The molecule has 3 amide bonds. The van der Waals surface area contributed by atoms with Crippen LogP contribution in [0.2, 0.25) is 0 Å². The van der Waals surface area contributed by atoms with Crippen LogP contribution in [-0.4, -0.2) is 38.9 Å². The molecule has 1 atom stereocenters. The van der Waals surface area contributed by atoms with Gasteiger partial charge in [0.1, 0.15) is 23.9 Å². The van der Waals surface area contributed by atoms with E-state index in [-0.39, 0.29) is 35.1 Å². The number of halogens is 2. The Morgan fingerprint density at radius 3 is 2.45 bits per heavy atom. The van der Waals surface area contributed by atoms with Gasteiger partial charge in [0.25, 0.3) is 5.91 Å². The molecule has 10 nitrogen and oxygen atoms in total. The predicted molar refractivity (Wildman–Crippen MR) is 142 cm³/mol. The lowest BCUT2D eigenvalue weighted by Crippen LogP contribution is -2.38. The topological polar surface area (TPSA) is 134 Å². The maximum Gasteiger partial charge on any atom is 0.404 e. The second-order valence-electron chi connectivity index (χ2n) is 9.13. The minimum absolute atomic E-state index is 0.151. The first kappa shape index (κ1) is 28.0. The van der Waals surface area contributed by atoms with E-state index in [4.69, 9.17) is 9.84 Å². The number of imidazole rings is 1. The molecule has 208 valence electrons. The van der Waals surface area contributed by atoms with Gasteiger partial charge >= 0.3 is 6.09 Å². The number of rotatable bonds is 9. The van der Waals surface area contributed by atoms with Crippen molar-refractivity contribution in [2.75, 3.05) is 11.9 Å². The van der Waals surface area contributed by atoms with Crippen molar-refractivity contribution < 1.29 is 33.0 Å². The van der Waals surface area contributed by atoms with Gasteiger partial charge in [0.05, 0.1) is 17.3 Å². The highest BCUT2D eigenvalue weighted by atomic mass is 19.1. The Balaban J connectivity index is 1.66. The van der Waals surface area contributed by atoms with Crippen LogP contribution in [0.25, 0.3) is 5.65 Å². The third-order valence-electron chi connectivity index (χ3n) is 6.02. The summed E-state index contributed by atoms with van der Waals surface area (Å²) in [4.78, 5) is 40.7. The molecule has 0 saturated carbocycles. The van der Waals surface area contributed by atoms with Crippen molar-refractivity contribution in [1.29, 1.82) is 0 Å². The van der Waals surface area contributed by atoms with Gasteiger partial charge in [0.2, 0.25) is 5.91 Å².